The van der Waals surface area contributed by atoms with E-state index in [4.69, 9.17) is 4.74 Å². The average Bonchev–Trinajstić information content (AvgIpc) is 2.66. The van der Waals surface area contributed by atoms with Gasteiger partial charge in [0, 0.05) is 37.4 Å². The fraction of sp³-hybridized carbons (Fsp3) is 0.300. The smallest absolute Gasteiger partial charge is 0.260 e. The Balaban J connectivity index is 1.48. The van der Waals surface area contributed by atoms with E-state index in [1.165, 1.54) is 11.3 Å². The van der Waals surface area contributed by atoms with Gasteiger partial charge in [-0.2, -0.15) is 0 Å². The molecule has 1 heterocycles. The Kier molecular flexibility index (Phi) is 5.33. The summed E-state index contributed by atoms with van der Waals surface area (Å²) in [4.78, 5) is 27.1. The zero-order valence-electron chi connectivity index (χ0n) is 14.4. The number of rotatable bonds is 5. The molecule has 0 radical (unpaired) electrons. The summed E-state index contributed by atoms with van der Waals surface area (Å²) in [6.45, 7) is 5.14. The topological polar surface area (TPSA) is 49.9 Å². The largest absolute Gasteiger partial charge is 0.484 e. The molecule has 1 fully saturated rings. The van der Waals surface area contributed by atoms with Crippen molar-refractivity contribution in [3.63, 3.8) is 0 Å². The van der Waals surface area contributed by atoms with Crippen LogP contribution in [0.4, 0.5) is 5.69 Å². The van der Waals surface area contributed by atoms with E-state index in [9.17, 15) is 9.59 Å². The summed E-state index contributed by atoms with van der Waals surface area (Å²) in [5, 5.41) is 0. The van der Waals surface area contributed by atoms with Crippen molar-refractivity contribution in [1.82, 2.24) is 4.90 Å². The minimum absolute atomic E-state index is 0.0108. The molecule has 0 unspecified atom stereocenters. The van der Waals surface area contributed by atoms with Crippen molar-refractivity contribution in [3.05, 3.63) is 59.7 Å². The third-order valence-electron chi connectivity index (χ3n) is 4.38. The number of aldehydes is 1. The first-order valence-corrected chi connectivity index (χ1v) is 8.43. The Morgan fingerprint density at radius 1 is 1.08 bits per heavy atom. The number of aryl methyl sites for hydroxylation is 1. The van der Waals surface area contributed by atoms with Crippen LogP contribution in [-0.2, 0) is 4.79 Å². The molecule has 130 valence electrons. The molecule has 5 heteroatoms. The second kappa shape index (κ2) is 7.83. The molecule has 25 heavy (non-hydrogen) atoms. The van der Waals surface area contributed by atoms with Crippen molar-refractivity contribution in [2.45, 2.75) is 6.92 Å². The van der Waals surface area contributed by atoms with E-state index in [0.717, 1.165) is 19.4 Å². The third kappa shape index (κ3) is 4.38. The molecule has 2 aromatic rings. The van der Waals surface area contributed by atoms with Gasteiger partial charge in [0.15, 0.2) is 6.61 Å². The summed E-state index contributed by atoms with van der Waals surface area (Å²) in [6, 6.07) is 15.2. The van der Waals surface area contributed by atoms with Crippen molar-refractivity contribution >= 4 is 17.9 Å². The van der Waals surface area contributed by atoms with Crippen molar-refractivity contribution < 1.29 is 14.3 Å². The zero-order valence-corrected chi connectivity index (χ0v) is 14.4. The zero-order chi connectivity index (χ0) is 17.6. The fourth-order valence-electron chi connectivity index (χ4n) is 2.92. The first-order valence-electron chi connectivity index (χ1n) is 8.43. The molecular formula is C20H22N2O3. The second-order valence-electron chi connectivity index (χ2n) is 6.18. The third-order valence-corrected chi connectivity index (χ3v) is 4.38. The number of hydrogen-bond acceptors (Lipinski definition) is 4. The lowest BCUT2D eigenvalue weighted by atomic mass is 10.2. The molecule has 0 saturated carbocycles. The lowest BCUT2D eigenvalue weighted by Crippen LogP contribution is -2.50. The second-order valence-corrected chi connectivity index (χ2v) is 6.18. The summed E-state index contributed by atoms with van der Waals surface area (Å²) in [6.07, 6.45) is 0.780. The summed E-state index contributed by atoms with van der Waals surface area (Å²) in [5.74, 6) is 0.584. The van der Waals surface area contributed by atoms with Gasteiger partial charge >= 0.3 is 0 Å². The minimum Gasteiger partial charge on any atom is -0.484 e. The molecule has 3 rings (SSSR count). The maximum atomic E-state index is 12.3. The number of benzene rings is 2. The molecule has 0 aromatic heterocycles. The SMILES string of the molecule is Cc1cccc(N2CCN(C(=O)COc3ccc(C=O)cc3)CC2)c1. The van der Waals surface area contributed by atoms with Crippen LogP contribution in [0.3, 0.4) is 0 Å². The van der Waals surface area contributed by atoms with Crippen LogP contribution < -0.4 is 9.64 Å². The quantitative estimate of drug-likeness (QED) is 0.786. The van der Waals surface area contributed by atoms with Crippen molar-refractivity contribution in [2.24, 2.45) is 0 Å². The molecule has 1 saturated heterocycles. The molecular weight excluding hydrogens is 316 g/mol. The average molecular weight is 338 g/mol. The van der Waals surface area contributed by atoms with E-state index in [1.807, 2.05) is 4.90 Å². The molecule has 0 atom stereocenters. The van der Waals surface area contributed by atoms with E-state index in [0.29, 0.717) is 24.4 Å². The van der Waals surface area contributed by atoms with Crippen molar-refractivity contribution in [1.29, 1.82) is 0 Å². The highest BCUT2D eigenvalue weighted by atomic mass is 16.5. The number of amides is 1. The highest BCUT2D eigenvalue weighted by Crippen LogP contribution is 2.18. The number of carbonyl (C=O) groups is 2. The van der Waals surface area contributed by atoms with Crippen LogP contribution in [0, 0.1) is 6.92 Å². The summed E-state index contributed by atoms with van der Waals surface area (Å²) in [5.41, 5.74) is 3.04. The Labute approximate surface area is 147 Å². The maximum absolute atomic E-state index is 12.3. The van der Waals surface area contributed by atoms with E-state index < -0.39 is 0 Å². The fourth-order valence-corrected chi connectivity index (χ4v) is 2.92. The molecule has 0 spiro atoms. The molecule has 1 aliphatic heterocycles. The van der Waals surface area contributed by atoms with Crippen LogP contribution in [0.15, 0.2) is 48.5 Å². The van der Waals surface area contributed by atoms with Crippen LogP contribution in [-0.4, -0.2) is 49.9 Å². The van der Waals surface area contributed by atoms with Gasteiger partial charge in [0.05, 0.1) is 0 Å². The van der Waals surface area contributed by atoms with Crippen LogP contribution in [0.5, 0.6) is 5.75 Å². The van der Waals surface area contributed by atoms with Crippen LogP contribution in [0.2, 0.25) is 0 Å². The van der Waals surface area contributed by atoms with Crippen LogP contribution >= 0.6 is 0 Å². The molecule has 1 amide bonds. The number of anilines is 1. The molecule has 0 aliphatic carbocycles. The van der Waals surface area contributed by atoms with E-state index in [1.54, 1.807) is 24.3 Å². The van der Waals surface area contributed by atoms with Crippen LogP contribution in [0.25, 0.3) is 0 Å². The van der Waals surface area contributed by atoms with Crippen molar-refractivity contribution in [3.8, 4) is 5.75 Å². The van der Waals surface area contributed by atoms with E-state index in [2.05, 4.69) is 36.1 Å². The van der Waals surface area contributed by atoms with Gasteiger partial charge in [-0.05, 0) is 48.9 Å². The maximum Gasteiger partial charge on any atom is 0.260 e. The summed E-state index contributed by atoms with van der Waals surface area (Å²) in [7, 11) is 0. The van der Waals surface area contributed by atoms with Gasteiger partial charge in [0.25, 0.3) is 5.91 Å². The highest BCUT2D eigenvalue weighted by Gasteiger charge is 2.21. The van der Waals surface area contributed by atoms with E-state index in [-0.39, 0.29) is 12.5 Å². The van der Waals surface area contributed by atoms with Gasteiger partial charge in [0.2, 0.25) is 0 Å². The number of carbonyl (C=O) groups excluding carboxylic acids is 2. The standard InChI is InChI=1S/C20H22N2O3/c1-16-3-2-4-18(13-16)21-9-11-22(12-10-21)20(24)15-25-19-7-5-17(14-23)6-8-19/h2-8,13-14H,9-12,15H2,1H3. The van der Waals surface area contributed by atoms with Crippen LogP contribution in [0.1, 0.15) is 15.9 Å². The number of hydrogen-bond donors (Lipinski definition) is 0. The summed E-state index contributed by atoms with van der Waals surface area (Å²) >= 11 is 0. The Morgan fingerprint density at radius 2 is 1.80 bits per heavy atom. The van der Waals surface area contributed by atoms with Gasteiger partial charge < -0.3 is 14.5 Å². The Morgan fingerprint density at radius 3 is 2.44 bits per heavy atom. The van der Waals surface area contributed by atoms with Gasteiger partial charge in [-0.3, -0.25) is 9.59 Å². The monoisotopic (exact) mass is 338 g/mol. The molecule has 0 N–H and O–H groups in total. The number of nitrogens with zero attached hydrogens (tertiary/aromatic N) is 2. The van der Waals surface area contributed by atoms with Crippen molar-refractivity contribution in [2.75, 3.05) is 37.7 Å². The Hall–Kier alpha value is -2.82. The van der Waals surface area contributed by atoms with Gasteiger partial charge in [-0.15, -0.1) is 0 Å². The molecule has 1 aliphatic rings. The first kappa shape index (κ1) is 17.0. The predicted octanol–water partition coefficient (Wildman–Crippen LogP) is 2.54. The number of ether oxygens (including phenoxy) is 1. The Bertz CT molecular complexity index is 735. The molecule has 5 nitrogen and oxygen atoms in total. The number of piperazine rings is 1. The predicted molar refractivity (Wildman–Crippen MR) is 97.3 cm³/mol. The summed E-state index contributed by atoms with van der Waals surface area (Å²) < 4.78 is 5.53. The minimum atomic E-state index is -0.0108. The normalized spacial score (nSPS) is 14.3. The highest BCUT2D eigenvalue weighted by molar-refractivity contribution is 5.78. The lowest BCUT2D eigenvalue weighted by molar-refractivity contribution is -0.133. The molecule has 2 aromatic carbocycles. The lowest BCUT2D eigenvalue weighted by Gasteiger charge is -2.36. The van der Waals surface area contributed by atoms with Gasteiger partial charge in [0.1, 0.15) is 12.0 Å². The molecule has 0 bridgehead atoms. The first-order chi connectivity index (χ1) is 12.2. The van der Waals surface area contributed by atoms with E-state index >= 15 is 0 Å². The van der Waals surface area contributed by atoms with Gasteiger partial charge in [-0.1, -0.05) is 12.1 Å². The van der Waals surface area contributed by atoms with Gasteiger partial charge in [-0.25, -0.2) is 0 Å².